The van der Waals surface area contributed by atoms with Crippen molar-refractivity contribution in [2.75, 3.05) is 16.0 Å². The number of nitriles is 1. The number of halogens is 3. The highest BCUT2D eigenvalue weighted by molar-refractivity contribution is 9.10. The molecular weight excluding hydrogens is 677 g/mol. The summed E-state index contributed by atoms with van der Waals surface area (Å²) in [4.78, 5) is 37.7. The molecule has 0 heterocycles. The SMILES string of the molecule is N#C/C(C(=O)Nc1ccc(Cl)cc1)=C(\Nc1ccc(Cl)cc1)SC(C(=O)Nc1ccc([N+](=O)[O-])cc1Br)c1ccccc1. The van der Waals surface area contributed by atoms with Gasteiger partial charge in [-0.15, -0.1) is 0 Å². The highest BCUT2D eigenvalue weighted by Gasteiger charge is 2.28. The summed E-state index contributed by atoms with van der Waals surface area (Å²) in [5, 5.41) is 30.0. The highest BCUT2D eigenvalue weighted by atomic mass is 79.9. The Bertz CT molecular complexity index is 1730. The van der Waals surface area contributed by atoms with Gasteiger partial charge < -0.3 is 16.0 Å². The maximum Gasteiger partial charge on any atom is 0.270 e. The third-order valence-corrected chi connectivity index (χ3v) is 8.19. The van der Waals surface area contributed by atoms with Gasteiger partial charge in [0.1, 0.15) is 16.9 Å². The lowest BCUT2D eigenvalue weighted by atomic mass is 10.1. The number of non-ortho nitro benzene ring substituents is 1. The van der Waals surface area contributed by atoms with Crippen LogP contribution in [0.2, 0.25) is 10.0 Å². The van der Waals surface area contributed by atoms with Crippen molar-refractivity contribution in [3.05, 3.63) is 138 Å². The number of nitro groups is 1. The molecule has 4 rings (SSSR count). The van der Waals surface area contributed by atoms with Crippen LogP contribution in [0.5, 0.6) is 0 Å². The van der Waals surface area contributed by atoms with E-state index in [2.05, 4.69) is 31.9 Å². The van der Waals surface area contributed by atoms with Gasteiger partial charge in [-0.2, -0.15) is 5.26 Å². The number of benzene rings is 4. The Balaban J connectivity index is 1.74. The lowest BCUT2D eigenvalue weighted by Gasteiger charge is -2.21. The summed E-state index contributed by atoms with van der Waals surface area (Å²) in [6.45, 7) is 0. The predicted molar refractivity (Wildman–Crippen MR) is 174 cm³/mol. The Morgan fingerprint density at radius 2 is 1.44 bits per heavy atom. The number of carbonyl (C=O) groups is 2. The van der Waals surface area contributed by atoms with Gasteiger partial charge in [0.2, 0.25) is 5.91 Å². The summed E-state index contributed by atoms with van der Waals surface area (Å²) in [5.74, 6) is -1.21. The number of rotatable bonds is 10. The second-order valence-electron chi connectivity index (χ2n) is 8.73. The molecule has 0 fully saturated rings. The topological polar surface area (TPSA) is 137 Å². The summed E-state index contributed by atoms with van der Waals surface area (Å²) >= 11 is 16.2. The molecule has 9 nitrogen and oxygen atoms in total. The molecule has 1 unspecified atom stereocenters. The lowest BCUT2D eigenvalue weighted by Crippen LogP contribution is -2.22. The van der Waals surface area contributed by atoms with Crippen molar-refractivity contribution in [1.82, 2.24) is 0 Å². The number of carbonyl (C=O) groups excluding carboxylic acids is 2. The number of thioether (sulfide) groups is 1. The maximum absolute atomic E-state index is 13.8. The molecule has 0 aliphatic carbocycles. The van der Waals surface area contributed by atoms with Crippen molar-refractivity contribution < 1.29 is 14.5 Å². The van der Waals surface area contributed by atoms with Crippen molar-refractivity contribution in [2.24, 2.45) is 0 Å². The predicted octanol–water partition coefficient (Wildman–Crippen LogP) is 8.56. The van der Waals surface area contributed by atoms with E-state index in [0.717, 1.165) is 11.8 Å². The Morgan fingerprint density at radius 3 is 1.98 bits per heavy atom. The van der Waals surface area contributed by atoms with E-state index in [9.17, 15) is 25.0 Å². The second-order valence-corrected chi connectivity index (χ2v) is 11.6. The molecule has 43 heavy (non-hydrogen) atoms. The van der Waals surface area contributed by atoms with Crippen LogP contribution in [0.25, 0.3) is 0 Å². The normalized spacial score (nSPS) is 11.9. The molecule has 13 heteroatoms. The van der Waals surface area contributed by atoms with E-state index < -0.39 is 22.0 Å². The van der Waals surface area contributed by atoms with E-state index in [1.165, 1.54) is 18.2 Å². The molecule has 216 valence electrons. The number of anilines is 3. The van der Waals surface area contributed by atoms with Gasteiger partial charge >= 0.3 is 0 Å². The van der Waals surface area contributed by atoms with E-state index in [0.29, 0.717) is 37.1 Å². The van der Waals surface area contributed by atoms with Crippen LogP contribution in [-0.4, -0.2) is 16.7 Å². The molecule has 0 aliphatic rings. The van der Waals surface area contributed by atoms with Gasteiger partial charge in [0.05, 0.1) is 15.6 Å². The van der Waals surface area contributed by atoms with Crippen LogP contribution in [0.15, 0.2) is 112 Å². The van der Waals surface area contributed by atoms with Crippen LogP contribution in [0.1, 0.15) is 10.8 Å². The molecule has 4 aromatic carbocycles. The van der Waals surface area contributed by atoms with E-state index in [1.54, 1.807) is 78.9 Å². The Morgan fingerprint density at radius 1 is 0.860 bits per heavy atom. The second kappa shape index (κ2) is 14.7. The van der Waals surface area contributed by atoms with Gasteiger partial charge in [-0.05, 0) is 76.1 Å². The fourth-order valence-electron chi connectivity index (χ4n) is 3.68. The molecule has 1 atom stereocenters. The van der Waals surface area contributed by atoms with Crippen molar-refractivity contribution in [3.63, 3.8) is 0 Å². The first-order valence-electron chi connectivity index (χ1n) is 12.3. The van der Waals surface area contributed by atoms with Crippen molar-refractivity contribution in [3.8, 4) is 6.07 Å². The monoisotopic (exact) mass is 695 g/mol. The summed E-state index contributed by atoms with van der Waals surface area (Å²) < 4.78 is 0.307. The minimum Gasteiger partial charge on any atom is -0.349 e. The Kier molecular flexibility index (Phi) is 10.8. The Hall–Kier alpha value is -4.34. The number of hydrogen-bond donors (Lipinski definition) is 3. The summed E-state index contributed by atoms with van der Waals surface area (Å²) in [5.41, 5.74) is 1.38. The third kappa shape index (κ3) is 8.59. The van der Waals surface area contributed by atoms with Crippen LogP contribution in [0, 0.1) is 21.4 Å². The van der Waals surface area contributed by atoms with Crippen molar-refractivity contribution in [2.45, 2.75) is 5.25 Å². The first-order valence-corrected chi connectivity index (χ1v) is 14.8. The van der Waals surface area contributed by atoms with E-state index in [1.807, 2.05) is 6.07 Å². The molecule has 0 saturated heterocycles. The Labute approximate surface area is 269 Å². The molecule has 3 N–H and O–H groups in total. The fraction of sp³-hybridized carbons (Fsp3) is 0.0333. The van der Waals surface area contributed by atoms with Crippen LogP contribution in [0.4, 0.5) is 22.7 Å². The molecule has 2 amide bonds. The largest absolute Gasteiger partial charge is 0.349 e. The minimum atomic E-state index is -0.968. The van der Waals surface area contributed by atoms with E-state index in [-0.39, 0.29) is 16.3 Å². The lowest BCUT2D eigenvalue weighted by molar-refractivity contribution is -0.384. The minimum absolute atomic E-state index is 0.100. The van der Waals surface area contributed by atoms with Gasteiger partial charge in [0.25, 0.3) is 11.6 Å². The fourth-order valence-corrected chi connectivity index (χ4v) is 5.53. The standard InChI is InChI=1S/C30H20BrCl2N5O4S/c31-25-16-23(38(41)42)14-15-26(25)37-29(40)27(18-4-2-1-3-5-18)43-30(36-22-12-8-20(33)9-13-22)24(17-34)28(39)35-21-10-6-19(32)7-11-21/h1-16,27,36H,(H,35,39)(H,37,40)/b30-24-. The molecule has 0 radical (unpaired) electrons. The molecule has 4 aromatic rings. The zero-order valence-electron chi connectivity index (χ0n) is 21.9. The molecule has 0 saturated carbocycles. The molecular formula is C30H20BrCl2N5O4S. The molecule has 0 aliphatic heterocycles. The molecule has 0 spiro atoms. The summed E-state index contributed by atoms with van der Waals surface area (Å²) in [6.07, 6.45) is 0. The zero-order chi connectivity index (χ0) is 30.9. The average Bonchev–Trinajstić information content (AvgIpc) is 2.99. The van der Waals surface area contributed by atoms with Gasteiger partial charge in [-0.25, -0.2) is 0 Å². The van der Waals surface area contributed by atoms with Gasteiger partial charge in [0.15, 0.2) is 0 Å². The molecule has 0 aromatic heterocycles. The average molecular weight is 697 g/mol. The van der Waals surface area contributed by atoms with E-state index >= 15 is 0 Å². The van der Waals surface area contributed by atoms with Gasteiger partial charge in [-0.1, -0.05) is 65.3 Å². The van der Waals surface area contributed by atoms with E-state index in [4.69, 9.17) is 23.2 Å². The van der Waals surface area contributed by atoms with Crippen LogP contribution < -0.4 is 16.0 Å². The highest BCUT2D eigenvalue weighted by Crippen LogP contribution is 2.39. The number of amides is 2. The first kappa shape index (κ1) is 31.6. The first-order chi connectivity index (χ1) is 20.6. The quantitative estimate of drug-likeness (QED) is 0.0654. The van der Waals surface area contributed by atoms with Gasteiger partial charge in [0, 0.05) is 38.0 Å². The van der Waals surface area contributed by atoms with Crippen LogP contribution in [0.3, 0.4) is 0 Å². The number of nitrogens with one attached hydrogen (secondary N) is 3. The summed E-state index contributed by atoms with van der Waals surface area (Å²) in [7, 11) is 0. The molecule has 0 bridgehead atoms. The third-order valence-electron chi connectivity index (χ3n) is 5.77. The zero-order valence-corrected chi connectivity index (χ0v) is 25.8. The van der Waals surface area contributed by atoms with Crippen LogP contribution >= 0.6 is 50.9 Å². The van der Waals surface area contributed by atoms with Crippen molar-refractivity contribution >= 4 is 85.5 Å². The summed E-state index contributed by atoms with van der Waals surface area (Å²) in [6, 6.07) is 27.7. The van der Waals surface area contributed by atoms with Gasteiger partial charge in [-0.3, -0.25) is 19.7 Å². The number of hydrogen-bond acceptors (Lipinski definition) is 7. The number of nitrogens with zero attached hydrogens (tertiary/aromatic N) is 2. The smallest absolute Gasteiger partial charge is 0.270 e. The van der Waals surface area contributed by atoms with Crippen LogP contribution in [-0.2, 0) is 9.59 Å². The number of nitro benzene ring substituents is 1. The maximum atomic E-state index is 13.8. The van der Waals surface area contributed by atoms with Crippen molar-refractivity contribution in [1.29, 1.82) is 5.26 Å².